The number of carbonyl (C=O) groups excluding carboxylic acids is 1. The van der Waals surface area contributed by atoms with E-state index in [-0.39, 0.29) is 5.82 Å². The molecule has 2 aromatic rings. The summed E-state index contributed by atoms with van der Waals surface area (Å²) in [5.74, 6) is -5.20. The first-order chi connectivity index (χ1) is 9.00. The van der Waals surface area contributed by atoms with Gasteiger partial charge in [0.1, 0.15) is 5.82 Å². The van der Waals surface area contributed by atoms with Gasteiger partial charge in [-0.15, -0.1) is 0 Å². The molecule has 0 aliphatic heterocycles. The molecule has 2 rings (SSSR count). The van der Waals surface area contributed by atoms with E-state index in [9.17, 15) is 18.0 Å². The predicted octanol–water partition coefficient (Wildman–Crippen LogP) is 3.06. The number of rotatable bonds is 2. The maximum Gasteiger partial charge on any atom is 0.259 e. The van der Waals surface area contributed by atoms with Gasteiger partial charge >= 0.3 is 0 Å². The van der Waals surface area contributed by atoms with E-state index in [2.05, 4.69) is 10.3 Å². The smallest absolute Gasteiger partial charge is 0.259 e. The molecule has 0 aliphatic rings. The molecule has 3 nitrogen and oxygen atoms in total. The maximum absolute atomic E-state index is 13.4. The van der Waals surface area contributed by atoms with Crippen LogP contribution < -0.4 is 5.32 Å². The number of benzene rings is 1. The molecule has 0 unspecified atom stereocenters. The van der Waals surface area contributed by atoms with Gasteiger partial charge < -0.3 is 5.32 Å². The maximum atomic E-state index is 13.4. The van der Waals surface area contributed by atoms with Crippen LogP contribution in [-0.4, -0.2) is 10.9 Å². The zero-order valence-corrected chi connectivity index (χ0v) is 9.88. The molecule has 0 aliphatic carbocycles. The Hall–Kier alpha value is -2.37. The highest BCUT2D eigenvalue weighted by Crippen LogP contribution is 2.17. The first-order valence-corrected chi connectivity index (χ1v) is 5.37. The van der Waals surface area contributed by atoms with Crippen molar-refractivity contribution >= 4 is 11.7 Å². The molecule has 0 bridgehead atoms. The summed E-state index contributed by atoms with van der Waals surface area (Å²) in [5.41, 5.74) is 0.0859. The summed E-state index contributed by atoms with van der Waals surface area (Å²) in [4.78, 5) is 15.7. The second-order valence-corrected chi connectivity index (χ2v) is 3.85. The van der Waals surface area contributed by atoms with Gasteiger partial charge in [0.05, 0.1) is 5.56 Å². The third-order valence-corrected chi connectivity index (χ3v) is 2.52. The number of anilines is 1. The van der Waals surface area contributed by atoms with Gasteiger partial charge in [0.25, 0.3) is 5.91 Å². The van der Waals surface area contributed by atoms with Crippen molar-refractivity contribution in [2.75, 3.05) is 5.32 Å². The Morgan fingerprint density at radius 2 is 1.89 bits per heavy atom. The van der Waals surface area contributed by atoms with E-state index in [1.54, 1.807) is 19.1 Å². The predicted molar refractivity (Wildman–Crippen MR) is 63.2 cm³/mol. The van der Waals surface area contributed by atoms with Crippen molar-refractivity contribution in [3.05, 3.63) is 59.0 Å². The molecule has 0 spiro atoms. The van der Waals surface area contributed by atoms with Gasteiger partial charge in [-0.25, -0.2) is 18.2 Å². The lowest BCUT2D eigenvalue weighted by atomic mass is 10.2. The van der Waals surface area contributed by atoms with Gasteiger partial charge in [-0.3, -0.25) is 4.79 Å². The zero-order valence-electron chi connectivity index (χ0n) is 9.88. The Balaban J connectivity index is 2.31. The number of nitrogens with one attached hydrogen (secondary N) is 1. The average Bonchev–Trinajstić information content (AvgIpc) is 2.39. The van der Waals surface area contributed by atoms with Crippen LogP contribution in [0.1, 0.15) is 15.9 Å². The van der Waals surface area contributed by atoms with E-state index < -0.39 is 28.9 Å². The first kappa shape index (κ1) is 13.1. The minimum absolute atomic E-state index is 0.233. The molecule has 1 N–H and O–H groups in total. The van der Waals surface area contributed by atoms with Gasteiger partial charge in [-0.1, -0.05) is 6.07 Å². The standard InChI is InChI=1S/C13H9F3N2O/c1-7-3-2-6-17-12(7)18-13(19)8-4-5-9(14)11(16)10(8)15/h2-6H,1H3,(H,17,18,19). The molecule has 0 atom stereocenters. The van der Waals surface area contributed by atoms with Gasteiger partial charge in [-0.05, 0) is 30.7 Å². The SMILES string of the molecule is Cc1cccnc1NC(=O)c1ccc(F)c(F)c1F. The quantitative estimate of drug-likeness (QED) is 0.849. The van der Waals surface area contributed by atoms with Crippen molar-refractivity contribution in [1.29, 1.82) is 0 Å². The molecule has 6 heteroatoms. The topological polar surface area (TPSA) is 42.0 Å². The van der Waals surface area contributed by atoms with Crippen LogP contribution in [0.15, 0.2) is 30.5 Å². The van der Waals surface area contributed by atoms with E-state index in [1.807, 2.05) is 0 Å². The van der Waals surface area contributed by atoms with Crippen molar-refractivity contribution in [3.8, 4) is 0 Å². The normalized spacial score (nSPS) is 10.3. The summed E-state index contributed by atoms with van der Waals surface area (Å²) in [6.07, 6.45) is 1.45. The van der Waals surface area contributed by atoms with E-state index in [0.717, 1.165) is 6.07 Å². The van der Waals surface area contributed by atoms with Crippen LogP contribution in [0.3, 0.4) is 0 Å². The van der Waals surface area contributed by atoms with Crippen molar-refractivity contribution in [3.63, 3.8) is 0 Å². The number of aromatic nitrogens is 1. The Kier molecular flexibility index (Phi) is 3.50. The highest BCUT2D eigenvalue weighted by atomic mass is 19.2. The Morgan fingerprint density at radius 1 is 1.16 bits per heavy atom. The number of halogens is 3. The van der Waals surface area contributed by atoms with Crippen LogP contribution in [0.5, 0.6) is 0 Å². The van der Waals surface area contributed by atoms with Crippen LogP contribution in [0.4, 0.5) is 19.0 Å². The molecule has 0 saturated heterocycles. The van der Waals surface area contributed by atoms with Crippen molar-refractivity contribution in [1.82, 2.24) is 4.98 Å². The molecular weight excluding hydrogens is 257 g/mol. The largest absolute Gasteiger partial charge is 0.306 e. The number of nitrogens with zero attached hydrogens (tertiary/aromatic N) is 1. The fraction of sp³-hybridized carbons (Fsp3) is 0.0769. The number of aryl methyl sites for hydroxylation is 1. The lowest BCUT2D eigenvalue weighted by molar-refractivity contribution is 0.102. The second kappa shape index (κ2) is 5.09. The van der Waals surface area contributed by atoms with Crippen LogP contribution in [0.2, 0.25) is 0 Å². The van der Waals surface area contributed by atoms with E-state index in [0.29, 0.717) is 11.6 Å². The van der Waals surface area contributed by atoms with Crippen molar-refractivity contribution in [2.24, 2.45) is 0 Å². The number of pyridine rings is 1. The van der Waals surface area contributed by atoms with E-state index in [1.165, 1.54) is 6.20 Å². The summed E-state index contributed by atoms with van der Waals surface area (Å²) < 4.78 is 39.2. The van der Waals surface area contributed by atoms with Crippen molar-refractivity contribution in [2.45, 2.75) is 6.92 Å². The van der Waals surface area contributed by atoms with Gasteiger partial charge in [0.15, 0.2) is 17.5 Å². The third kappa shape index (κ3) is 2.57. The molecule has 0 radical (unpaired) electrons. The molecule has 1 aromatic heterocycles. The molecule has 0 fully saturated rings. The van der Waals surface area contributed by atoms with Crippen molar-refractivity contribution < 1.29 is 18.0 Å². The zero-order chi connectivity index (χ0) is 14.0. The van der Waals surface area contributed by atoms with Crippen LogP contribution >= 0.6 is 0 Å². The summed E-state index contributed by atoms with van der Waals surface area (Å²) in [6.45, 7) is 1.70. The number of carbonyl (C=O) groups is 1. The fourth-order valence-corrected chi connectivity index (χ4v) is 1.49. The molecule has 19 heavy (non-hydrogen) atoms. The molecule has 98 valence electrons. The Bertz CT molecular complexity index is 644. The van der Waals surface area contributed by atoms with Crippen LogP contribution in [0.25, 0.3) is 0 Å². The lowest BCUT2D eigenvalue weighted by Gasteiger charge is -2.08. The average molecular weight is 266 g/mol. The second-order valence-electron chi connectivity index (χ2n) is 3.85. The Morgan fingerprint density at radius 3 is 2.58 bits per heavy atom. The van der Waals surface area contributed by atoms with Crippen LogP contribution in [0, 0.1) is 24.4 Å². The lowest BCUT2D eigenvalue weighted by Crippen LogP contribution is -2.16. The highest BCUT2D eigenvalue weighted by molar-refractivity contribution is 6.04. The molecule has 1 aromatic carbocycles. The van der Waals surface area contributed by atoms with Gasteiger partial charge in [0, 0.05) is 6.20 Å². The minimum atomic E-state index is -1.68. The number of hydrogen-bond donors (Lipinski definition) is 1. The monoisotopic (exact) mass is 266 g/mol. The highest BCUT2D eigenvalue weighted by Gasteiger charge is 2.19. The fourth-order valence-electron chi connectivity index (χ4n) is 1.49. The van der Waals surface area contributed by atoms with Gasteiger partial charge in [0.2, 0.25) is 0 Å². The minimum Gasteiger partial charge on any atom is -0.306 e. The number of hydrogen-bond acceptors (Lipinski definition) is 2. The molecule has 1 heterocycles. The Labute approximate surface area is 107 Å². The summed E-state index contributed by atoms with van der Waals surface area (Å²) in [5, 5.41) is 2.33. The van der Waals surface area contributed by atoms with Crippen LogP contribution in [-0.2, 0) is 0 Å². The first-order valence-electron chi connectivity index (χ1n) is 5.37. The van der Waals surface area contributed by atoms with Gasteiger partial charge in [-0.2, -0.15) is 0 Å². The molecule has 0 saturated carbocycles. The summed E-state index contributed by atoms with van der Waals surface area (Å²) in [6, 6.07) is 4.94. The number of amides is 1. The third-order valence-electron chi connectivity index (χ3n) is 2.52. The summed E-state index contributed by atoms with van der Waals surface area (Å²) >= 11 is 0. The molecular formula is C13H9F3N2O. The van der Waals surface area contributed by atoms with E-state index >= 15 is 0 Å². The molecule has 1 amide bonds. The van der Waals surface area contributed by atoms with E-state index in [4.69, 9.17) is 0 Å². The summed E-state index contributed by atoms with van der Waals surface area (Å²) in [7, 11) is 0.